The van der Waals surface area contributed by atoms with E-state index in [9.17, 15) is 28.8 Å². The molecule has 0 bridgehead atoms. The van der Waals surface area contributed by atoms with Crippen LogP contribution >= 0.6 is 72.3 Å². The van der Waals surface area contributed by atoms with Crippen molar-refractivity contribution in [3.63, 3.8) is 0 Å². The van der Waals surface area contributed by atoms with Crippen LogP contribution in [0.25, 0.3) is 0 Å². The Morgan fingerprint density at radius 3 is 1.10 bits per heavy atom. The van der Waals surface area contributed by atoms with Gasteiger partial charge in [0, 0.05) is 49.0 Å². The van der Waals surface area contributed by atoms with Crippen molar-refractivity contribution >= 4 is 72.3 Å². The second-order valence-electron chi connectivity index (χ2n) is 13.5. The predicted octanol–water partition coefficient (Wildman–Crippen LogP) is 7.77. The average Bonchev–Trinajstić information content (AvgIpc) is 3.28. The molecule has 0 atom stereocenters. The Hall–Kier alpha value is -4.20. The quantitative estimate of drug-likeness (QED) is 0.0326. The van der Waals surface area contributed by atoms with Gasteiger partial charge >= 0.3 is 34.1 Å². The van der Waals surface area contributed by atoms with E-state index in [1.165, 1.54) is 51.5 Å². The number of aromatic nitrogens is 6. The minimum absolute atomic E-state index is 0.0478. The van der Waals surface area contributed by atoms with E-state index in [4.69, 9.17) is 0 Å². The lowest BCUT2D eigenvalue weighted by Gasteiger charge is -2.14. The van der Waals surface area contributed by atoms with Gasteiger partial charge in [0.2, 0.25) is 0 Å². The van der Waals surface area contributed by atoms with Crippen LogP contribution in [0.1, 0.15) is 32.6 Å². The van der Waals surface area contributed by atoms with Crippen LogP contribution in [0.3, 0.4) is 0 Å². The fourth-order valence-electron chi connectivity index (χ4n) is 5.81. The van der Waals surface area contributed by atoms with Crippen LogP contribution < -0.4 is 34.1 Å². The molecule has 0 unspecified atom stereocenters. The molecule has 0 saturated heterocycles. The molecular formula is C45H56N6O6S6. The Morgan fingerprint density at radius 2 is 0.794 bits per heavy atom. The van der Waals surface area contributed by atoms with Crippen LogP contribution in [0.2, 0.25) is 0 Å². The SMILES string of the molecule is C=CCn1c(=O)n(CC=C)c(=O)n(CC=C)c1=O.CCCCn1c(=O)n(CCCSc2cccc(SC)c2)c(=O)n(CCCSc2cccc(SC)c2)c1=O.Sc1cccc(S)c1. The van der Waals surface area contributed by atoms with Gasteiger partial charge in [0.25, 0.3) is 0 Å². The highest BCUT2D eigenvalue weighted by Gasteiger charge is 2.16. The third-order valence-corrected chi connectivity index (χ3v) is 13.1. The van der Waals surface area contributed by atoms with Gasteiger partial charge in [-0.15, -0.1) is 92.0 Å². The number of unbranched alkanes of at least 4 members (excludes halogenated alkanes) is 1. The van der Waals surface area contributed by atoms with Crippen molar-refractivity contribution < 1.29 is 0 Å². The highest BCUT2D eigenvalue weighted by Crippen LogP contribution is 2.25. The van der Waals surface area contributed by atoms with E-state index >= 15 is 0 Å². The summed E-state index contributed by atoms with van der Waals surface area (Å²) in [6, 6.07) is 24.3. The lowest BCUT2D eigenvalue weighted by molar-refractivity contribution is 0.434. The Bertz CT molecular complexity index is 2430. The molecule has 18 heteroatoms. The summed E-state index contributed by atoms with van der Waals surface area (Å²) in [6.07, 6.45) is 11.3. The lowest BCUT2D eigenvalue weighted by atomic mass is 10.3. The van der Waals surface area contributed by atoms with Crippen molar-refractivity contribution in [1.29, 1.82) is 0 Å². The molecule has 0 N–H and O–H groups in total. The van der Waals surface area contributed by atoms with E-state index in [2.05, 4.69) is 93.9 Å². The first-order chi connectivity index (χ1) is 30.3. The van der Waals surface area contributed by atoms with Gasteiger partial charge in [0.15, 0.2) is 0 Å². The number of rotatable bonds is 21. The number of nitrogens with zero attached hydrogens (tertiary/aromatic N) is 6. The van der Waals surface area contributed by atoms with Gasteiger partial charge < -0.3 is 0 Å². The van der Waals surface area contributed by atoms with Crippen molar-refractivity contribution in [3.8, 4) is 0 Å². The van der Waals surface area contributed by atoms with Gasteiger partial charge in [0.05, 0.1) is 19.6 Å². The van der Waals surface area contributed by atoms with E-state index in [-0.39, 0.29) is 19.6 Å². The van der Waals surface area contributed by atoms with Crippen molar-refractivity contribution in [1.82, 2.24) is 27.4 Å². The molecule has 12 nitrogen and oxygen atoms in total. The molecule has 3 aromatic carbocycles. The van der Waals surface area contributed by atoms with Crippen LogP contribution in [-0.2, 0) is 39.3 Å². The Morgan fingerprint density at radius 1 is 0.476 bits per heavy atom. The fourth-order valence-corrected chi connectivity index (χ4v) is 9.22. The van der Waals surface area contributed by atoms with E-state index in [0.29, 0.717) is 32.5 Å². The number of allylic oxidation sites excluding steroid dienone is 3. The van der Waals surface area contributed by atoms with Crippen LogP contribution in [0.15, 0.2) is 169 Å². The maximum atomic E-state index is 13.2. The maximum absolute atomic E-state index is 13.2. The largest absolute Gasteiger partial charge is 0.336 e. The standard InChI is InChI=1S/C27H35N3O3S4.C12H15N3O3.C6H6S2/c1-4-5-14-28-25(31)29(15-8-17-36-23-12-6-10-21(19-23)34-2)27(33)30(26(28)32)16-9-18-37-24-13-7-11-22(20-24)35-3;1-4-7-13-10(16)14(8-5-2)12(18)15(9-6-3)11(13)17;7-5-2-1-3-6(8)4-5/h6-7,10-13,19-20H,4-5,8-9,14-18H2,1-3H3;4-6H,1-3,7-9H2;1-4,7-8H. The van der Waals surface area contributed by atoms with Gasteiger partial charge in [-0.3, -0.25) is 0 Å². The molecule has 0 spiro atoms. The molecule has 338 valence electrons. The van der Waals surface area contributed by atoms with E-state index in [0.717, 1.165) is 47.8 Å². The normalized spacial score (nSPS) is 10.6. The number of hydrogen-bond acceptors (Lipinski definition) is 12. The minimum Gasteiger partial charge on any atom is -0.247 e. The van der Waals surface area contributed by atoms with Crippen molar-refractivity contribution in [2.24, 2.45) is 0 Å². The Kier molecular flexibility index (Phi) is 24.1. The van der Waals surface area contributed by atoms with E-state index in [1.54, 1.807) is 47.0 Å². The monoisotopic (exact) mass is 968 g/mol. The fraction of sp³-hybridized carbons (Fsp3) is 0.333. The molecule has 63 heavy (non-hydrogen) atoms. The smallest absolute Gasteiger partial charge is 0.247 e. The van der Waals surface area contributed by atoms with Gasteiger partial charge in [-0.05, 0) is 97.9 Å². The first kappa shape index (κ1) is 53.1. The van der Waals surface area contributed by atoms with Crippen LogP contribution in [0, 0.1) is 0 Å². The average molecular weight is 969 g/mol. The number of thioether (sulfide) groups is 4. The van der Waals surface area contributed by atoms with Crippen molar-refractivity contribution in [3.05, 3.63) is 174 Å². The third kappa shape index (κ3) is 16.4. The van der Waals surface area contributed by atoms with Crippen LogP contribution in [-0.4, -0.2) is 51.4 Å². The minimum atomic E-state index is -0.662. The third-order valence-electron chi connectivity index (χ3n) is 8.94. The van der Waals surface area contributed by atoms with Crippen LogP contribution in [0.4, 0.5) is 0 Å². The number of benzene rings is 3. The van der Waals surface area contributed by atoms with Gasteiger partial charge in [0.1, 0.15) is 0 Å². The summed E-state index contributed by atoms with van der Waals surface area (Å²) in [5.74, 6) is 1.56. The summed E-state index contributed by atoms with van der Waals surface area (Å²) in [4.78, 5) is 81.9. The predicted molar refractivity (Wildman–Crippen MR) is 272 cm³/mol. The maximum Gasteiger partial charge on any atom is 0.336 e. The van der Waals surface area contributed by atoms with Gasteiger partial charge in [-0.1, -0.05) is 49.8 Å². The highest BCUT2D eigenvalue weighted by atomic mass is 32.2. The first-order valence-corrected chi connectivity index (χ1v) is 25.4. The first-order valence-electron chi connectivity index (χ1n) is 20.1. The molecule has 0 aliphatic heterocycles. The molecule has 2 aromatic heterocycles. The number of hydrogen-bond donors (Lipinski definition) is 2. The molecule has 0 fully saturated rings. The zero-order valence-corrected chi connectivity index (χ0v) is 41.0. The molecule has 5 aromatic rings. The molecule has 0 saturated carbocycles. The molecule has 0 radical (unpaired) electrons. The zero-order valence-electron chi connectivity index (χ0n) is 35.9. The summed E-state index contributed by atoms with van der Waals surface area (Å²) >= 11 is 15.0. The summed E-state index contributed by atoms with van der Waals surface area (Å²) in [6.45, 7) is 13.5. The summed E-state index contributed by atoms with van der Waals surface area (Å²) < 4.78 is 6.59. The molecular weight excluding hydrogens is 913 g/mol. The van der Waals surface area contributed by atoms with Crippen molar-refractivity contribution in [2.45, 2.75) is 101 Å². The van der Waals surface area contributed by atoms with Gasteiger partial charge in [-0.25, -0.2) is 56.2 Å². The lowest BCUT2D eigenvalue weighted by Crippen LogP contribution is -2.54. The van der Waals surface area contributed by atoms with E-state index in [1.807, 2.05) is 43.3 Å². The summed E-state index contributed by atoms with van der Waals surface area (Å²) in [5.41, 5.74) is -3.46. The molecule has 0 amide bonds. The number of thiol groups is 2. The molecule has 5 rings (SSSR count). The Balaban J connectivity index is 0.000000332. The van der Waals surface area contributed by atoms with Gasteiger partial charge in [-0.2, -0.15) is 0 Å². The zero-order chi connectivity index (χ0) is 46.3. The molecule has 0 aliphatic rings. The summed E-state index contributed by atoms with van der Waals surface area (Å²) in [7, 11) is 0. The second kappa shape index (κ2) is 28.6. The Labute approximate surface area is 396 Å². The highest BCUT2D eigenvalue weighted by molar-refractivity contribution is 8.00. The van der Waals surface area contributed by atoms with Crippen LogP contribution in [0.5, 0.6) is 0 Å². The van der Waals surface area contributed by atoms with E-state index < -0.39 is 34.1 Å². The van der Waals surface area contributed by atoms with Crippen molar-refractivity contribution in [2.75, 3.05) is 24.0 Å². The molecule has 2 heterocycles. The molecule has 0 aliphatic carbocycles. The topological polar surface area (TPSA) is 132 Å². The second-order valence-corrected chi connectivity index (χ2v) is 18.6. The summed E-state index contributed by atoms with van der Waals surface area (Å²) in [5, 5.41) is 0.